The third-order valence-electron chi connectivity index (χ3n) is 2.31. The summed E-state index contributed by atoms with van der Waals surface area (Å²) < 4.78 is 4.80. The second-order valence-corrected chi connectivity index (χ2v) is 3.43. The van der Waals surface area contributed by atoms with Crippen molar-refractivity contribution in [2.24, 2.45) is 0 Å². The smallest absolute Gasteiger partial charge is 0.410 e. The molecule has 1 aromatic rings. The van der Waals surface area contributed by atoms with Crippen molar-refractivity contribution in [2.75, 3.05) is 18.9 Å². The van der Waals surface area contributed by atoms with Crippen LogP contribution in [0.25, 0.3) is 0 Å². The Labute approximate surface area is 87.1 Å². The molecule has 2 rings (SSSR count). The van der Waals surface area contributed by atoms with Crippen molar-refractivity contribution in [3.05, 3.63) is 23.8 Å². The monoisotopic (exact) mass is 208 g/mol. The minimum absolute atomic E-state index is 0.0581. The van der Waals surface area contributed by atoms with Gasteiger partial charge in [-0.1, -0.05) is 6.07 Å². The molecule has 1 fully saturated rings. The minimum Gasteiger partial charge on any atom is -0.506 e. The molecule has 1 aromatic carbocycles. The van der Waals surface area contributed by atoms with Crippen molar-refractivity contribution < 1.29 is 14.6 Å². The third-order valence-corrected chi connectivity index (χ3v) is 2.31. The fourth-order valence-electron chi connectivity index (χ4n) is 1.49. The number of anilines is 1. The van der Waals surface area contributed by atoms with Crippen LogP contribution in [0.1, 0.15) is 5.56 Å². The number of ether oxygens (including phenoxy) is 1. The molecular weight excluding hydrogens is 196 g/mol. The van der Waals surface area contributed by atoms with Gasteiger partial charge >= 0.3 is 6.09 Å². The van der Waals surface area contributed by atoms with Crippen LogP contribution in [0.5, 0.6) is 5.75 Å². The second kappa shape index (κ2) is 3.68. The average Bonchev–Trinajstić information content (AvgIpc) is 2.59. The van der Waals surface area contributed by atoms with E-state index in [0.717, 1.165) is 5.56 Å². The fourth-order valence-corrected chi connectivity index (χ4v) is 1.49. The van der Waals surface area contributed by atoms with E-state index in [1.165, 1.54) is 6.07 Å². The zero-order valence-corrected chi connectivity index (χ0v) is 8.14. The normalized spacial score (nSPS) is 15.5. The SMILES string of the molecule is Nc1cc(CN2CCOC2=O)ccc1O. The third kappa shape index (κ3) is 1.96. The van der Waals surface area contributed by atoms with Gasteiger partial charge in [0.05, 0.1) is 12.2 Å². The van der Waals surface area contributed by atoms with E-state index in [4.69, 9.17) is 10.5 Å². The van der Waals surface area contributed by atoms with Gasteiger partial charge in [-0.05, 0) is 17.7 Å². The van der Waals surface area contributed by atoms with Crippen LogP contribution in [-0.2, 0) is 11.3 Å². The Hall–Kier alpha value is -1.91. The van der Waals surface area contributed by atoms with Crippen LogP contribution in [0, 0.1) is 0 Å². The van der Waals surface area contributed by atoms with E-state index < -0.39 is 0 Å². The van der Waals surface area contributed by atoms with Crippen molar-refractivity contribution in [1.29, 1.82) is 0 Å². The molecule has 0 spiro atoms. The lowest BCUT2D eigenvalue weighted by atomic mass is 10.2. The average molecular weight is 208 g/mol. The van der Waals surface area contributed by atoms with Crippen LogP contribution in [0.15, 0.2) is 18.2 Å². The molecule has 15 heavy (non-hydrogen) atoms. The van der Waals surface area contributed by atoms with Crippen molar-refractivity contribution in [2.45, 2.75) is 6.54 Å². The highest BCUT2D eigenvalue weighted by Crippen LogP contribution is 2.21. The first kappa shape index (κ1) is 9.64. The molecule has 5 nitrogen and oxygen atoms in total. The summed E-state index contributed by atoms with van der Waals surface area (Å²) in [5.74, 6) is 0.0581. The molecule has 1 aliphatic rings. The Kier molecular flexibility index (Phi) is 2.37. The van der Waals surface area contributed by atoms with Gasteiger partial charge in [0.25, 0.3) is 0 Å². The highest BCUT2D eigenvalue weighted by molar-refractivity contribution is 5.69. The lowest BCUT2D eigenvalue weighted by Crippen LogP contribution is -2.23. The maximum Gasteiger partial charge on any atom is 0.410 e. The van der Waals surface area contributed by atoms with Crippen molar-refractivity contribution in [3.8, 4) is 5.75 Å². The largest absolute Gasteiger partial charge is 0.506 e. The number of nitrogens with two attached hydrogens (primary N) is 1. The molecule has 1 saturated heterocycles. The number of phenols is 1. The Morgan fingerprint density at radius 2 is 2.33 bits per heavy atom. The topological polar surface area (TPSA) is 75.8 Å². The standard InChI is InChI=1S/C10H12N2O3/c11-8-5-7(1-2-9(8)13)6-12-3-4-15-10(12)14/h1-2,5,13H,3-4,6,11H2. The zero-order chi connectivity index (χ0) is 10.8. The Morgan fingerprint density at radius 1 is 1.53 bits per heavy atom. The molecule has 80 valence electrons. The van der Waals surface area contributed by atoms with Crippen molar-refractivity contribution in [3.63, 3.8) is 0 Å². The second-order valence-electron chi connectivity index (χ2n) is 3.43. The first-order valence-corrected chi connectivity index (χ1v) is 4.66. The van der Waals surface area contributed by atoms with Gasteiger partial charge in [0.2, 0.25) is 0 Å². The number of nitrogen functional groups attached to an aromatic ring is 1. The number of carbonyl (C=O) groups is 1. The summed E-state index contributed by atoms with van der Waals surface area (Å²) in [6.07, 6.45) is -0.304. The number of carbonyl (C=O) groups excluding carboxylic acids is 1. The Balaban J connectivity index is 2.10. The maximum absolute atomic E-state index is 11.2. The van der Waals surface area contributed by atoms with Gasteiger partial charge in [0.15, 0.2) is 0 Å². The fraction of sp³-hybridized carbons (Fsp3) is 0.300. The molecule has 0 aromatic heterocycles. The van der Waals surface area contributed by atoms with Gasteiger partial charge in [-0.2, -0.15) is 0 Å². The number of amides is 1. The summed E-state index contributed by atoms with van der Waals surface area (Å²) in [4.78, 5) is 12.7. The predicted octanol–water partition coefficient (Wildman–Crippen LogP) is 0.927. The van der Waals surface area contributed by atoms with Crippen LogP contribution in [0.2, 0.25) is 0 Å². The van der Waals surface area contributed by atoms with E-state index >= 15 is 0 Å². The first-order valence-electron chi connectivity index (χ1n) is 4.66. The van der Waals surface area contributed by atoms with Gasteiger partial charge in [-0.3, -0.25) is 0 Å². The van der Waals surface area contributed by atoms with Gasteiger partial charge in [-0.15, -0.1) is 0 Å². The number of benzene rings is 1. The summed E-state index contributed by atoms with van der Waals surface area (Å²) >= 11 is 0. The van der Waals surface area contributed by atoms with E-state index in [-0.39, 0.29) is 11.8 Å². The molecule has 1 aliphatic heterocycles. The maximum atomic E-state index is 11.2. The predicted molar refractivity (Wildman–Crippen MR) is 54.3 cm³/mol. The van der Waals surface area contributed by atoms with Crippen LogP contribution < -0.4 is 5.73 Å². The molecule has 0 radical (unpaired) electrons. The van der Waals surface area contributed by atoms with E-state index in [0.29, 0.717) is 25.4 Å². The van der Waals surface area contributed by atoms with Gasteiger partial charge in [0, 0.05) is 6.54 Å². The van der Waals surface area contributed by atoms with Gasteiger partial charge < -0.3 is 20.5 Å². The first-order chi connectivity index (χ1) is 7.16. The molecule has 5 heteroatoms. The summed E-state index contributed by atoms with van der Waals surface area (Å²) in [6.45, 7) is 1.50. The summed E-state index contributed by atoms with van der Waals surface area (Å²) in [6, 6.07) is 4.91. The molecule has 0 saturated carbocycles. The lowest BCUT2D eigenvalue weighted by molar-refractivity contribution is 0.157. The summed E-state index contributed by atoms with van der Waals surface area (Å²) in [5, 5.41) is 9.23. The number of cyclic esters (lactones) is 1. The van der Waals surface area contributed by atoms with Crippen LogP contribution >= 0.6 is 0 Å². The molecule has 3 N–H and O–H groups in total. The van der Waals surface area contributed by atoms with Crippen LogP contribution in [0.4, 0.5) is 10.5 Å². The lowest BCUT2D eigenvalue weighted by Gasteiger charge is -2.12. The van der Waals surface area contributed by atoms with Gasteiger partial charge in [0.1, 0.15) is 12.4 Å². The molecule has 1 amide bonds. The number of hydrogen-bond acceptors (Lipinski definition) is 4. The highest BCUT2D eigenvalue weighted by atomic mass is 16.6. The molecule has 0 bridgehead atoms. The minimum atomic E-state index is -0.304. The molecule has 0 aliphatic carbocycles. The van der Waals surface area contributed by atoms with Crippen molar-refractivity contribution in [1.82, 2.24) is 4.90 Å². The number of hydrogen-bond donors (Lipinski definition) is 2. The quantitative estimate of drug-likeness (QED) is 0.560. The zero-order valence-electron chi connectivity index (χ0n) is 8.14. The van der Waals surface area contributed by atoms with Crippen molar-refractivity contribution >= 4 is 11.8 Å². The number of phenolic OH excluding ortho intramolecular Hbond substituents is 1. The number of rotatable bonds is 2. The van der Waals surface area contributed by atoms with Crippen LogP contribution in [-0.4, -0.2) is 29.3 Å². The Bertz CT molecular complexity index is 392. The molecule has 0 atom stereocenters. The molecule has 0 unspecified atom stereocenters. The molecular formula is C10H12N2O3. The number of nitrogens with zero attached hydrogens (tertiary/aromatic N) is 1. The van der Waals surface area contributed by atoms with E-state index in [9.17, 15) is 9.90 Å². The van der Waals surface area contributed by atoms with E-state index in [2.05, 4.69) is 0 Å². The Morgan fingerprint density at radius 3 is 2.93 bits per heavy atom. The summed E-state index contributed by atoms with van der Waals surface area (Å²) in [7, 11) is 0. The number of aromatic hydroxyl groups is 1. The van der Waals surface area contributed by atoms with Gasteiger partial charge in [-0.25, -0.2) is 4.79 Å². The summed E-state index contributed by atoms with van der Waals surface area (Å²) in [5.41, 5.74) is 6.74. The van der Waals surface area contributed by atoms with E-state index in [1.54, 1.807) is 17.0 Å². The van der Waals surface area contributed by atoms with Crippen LogP contribution in [0.3, 0.4) is 0 Å². The van der Waals surface area contributed by atoms with E-state index in [1.807, 2.05) is 0 Å². The highest BCUT2D eigenvalue weighted by Gasteiger charge is 2.21. The molecule has 1 heterocycles.